The normalized spacial score (nSPS) is 12.5. The van der Waals surface area contributed by atoms with Crippen molar-refractivity contribution < 1.29 is 0 Å². The van der Waals surface area contributed by atoms with Gasteiger partial charge in [-0.25, -0.2) is 0 Å². The molecule has 2 aromatic rings. The van der Waals surface area contributed by atoms with Crippen molar-refractivity contribution in [1.82, 2.24) is 9.97 Å². The van der Waals surface area contributed by atoms with Gasteiger partial charge in [-0.05, 0) is 29.0 Å². The Kier molecular flexibility index (Phi) is 1.54. The van der Waals surface area contributed by atoms with E-state index < -0.39 is 0 Å². The molecule has 2 heterocycles. The second-order valence-corrected chi connectivity index (χ2v) is 3.75. The topological polar surface area (TPSA) is 25.8 Å². The minimum atomic E-state index is 0.975. The summed E-state index contributed by atoms with van der Waals surface area (Å²) in [5, 5.41) is 2.17. The molecule has 0 amide bonds. The summed E-state index contributed by atoms with van der Waals surface area (Å²) >= 11 is 0. The predicted octanol–water partition coefficient (Wildman–Crippen LogP) is 1.09. The molecule has 72 valence electrons. The number of nitrogens with zero attached hydrogens (tertiary/aromatic N) is 2. The maximum absolute atomic E-state index is 4.40. The predicted molar refractivity (Wildman–Crippen MR) is 60.4 cm³/mol. The summed E-state index contributed by atoms with van der Waals surface area (Å²) in [4.78, 5) is 8.58. The van der Waals surface area contributed by atoms with Crippen LogP contribution in [0.25, 0.3) is 23.4 Å². The van der Waals surface area contributed by atoms with Gasteiger partial charge in [-0.1, -0.05) is 12.6 Å². The third-order valence-corrected chi connectivity index (χ3v) is 2.87. The lowest BCUT2D eigenvalue weighted by Crippen LogP contribution is -2.25. The molecule has 0 aromatic carbocycles. The molecule has 0 unspecified atom stereocenters. The van der Waals surface area contributed by atoms with Crippen molar-refractivity contribution in [2.24, 2.45) is 0 Å². The highest BCUT2D eigenvalue weighted by atomic mass is 14.7. The zero-order valence-electron chi connectivity index (χ0n) is 8.49. The molecule has 15 heavy (non-hydrogen) atoms. The average molecular weight is 194 g/mol. The molecule has 0 spiro atoms. The van der Waals surface area contributed by atoms with Crippen LogP contribution in [0.3, 0.4) is 0 Å². The van der Waals surface area contributed by atoms with Gasteiger partial charge in [0.15, 0.2) is 0 Å². The maximum atomic E-state index is 4.40. The minimum absolute atomic E-state index is 0.975. The molecule has 2 heteroatoms. The Hall–Kier alpha value is -1.96. The molecule has 0 bridgehead atoms. The maximum Gasteiger partial charge on any atom is 0.0798 e. The van der Waals surface area contributed by atoms with Gasteiger partial charge >= 0.3 is 0 Å². The first-order valence-electron chi connectivity index (χ1n) is 4.88. The molecule has 0 saturated carbocycles. The van der Waals surface area contributed by atoms with Crippen molar-refractivity contribution in [2.45, 2.75) is 6.92 Å². The summed E-state index contributed by atoms with van der Waals surface area (Å²) in [6.45, 7) is 6.13. The van der Waals surface area contributed by atoms with Crippen LogP contribution in [-0.2, 0) is 0 Å². The van der Waals surface area contributed by atoms with E-state index in [1.807, 2.05) is 18.5 Å². The largest absolute Gasteiger partial charge is 0.263 e. The summed E-state index contributed by atoms with van der Waals surface area (Å²) in [5.41, 5.74) is 4.59. The first-order chi connectivity index (χ1) is 7.29. The molecule has 2 nitrogen and oxygen atoms in total. The van der Waals surface area contributed by atoms with Crippen LogP contribution >= 0.6 is 0 Å². The van der Waals surface area contributed by atoms with Crippen LogP contribution < -0.4 is 10.4 Å². The second-order valence-electron chi connectivity index (χ2n) is 3.75. The minimum Gasteiger partial charge on any atom is -0.263 e. The third kappa shape index (κ3) is 0.988. The fourth-order valence-corrected chi connectivity index (χ4v) is 2.18. The molecule has 2 aromatic heterocycles. The van der Waals surface area contributed by atoms with E-state index >= 15 is 0 Å². The summed E-state index contributed by atoms with van der Waals surface area (Å²) in [6.07, 6.45) is 5.48. The third-order valence-electron chi connectivity index (χ3n) is 2.87. The number of rotatable bonds is 0. The number of hydrogen-bond acceptors (Lipinski definition) is 2. The number of fused-ring (bicyclic) bond motifs is 3. The number of aromatic nitrogens is 2. The summed E-state index contributed by atoms with van der Waals surface area (Å²) in [5.74, 6) is 0. The quantitative estimate of drug-likeness (QED) is 0.627. The van der Waals surface area contributed by atoms with E-state index in [4.69, 9.17) is 0 Å². The Morgan fingerprint density at radius 1 is 1.20 bits per heavy atom. The first-order valence-corrected chi connectivity index (χ1v) is 4.88. The summed E-state index contributed by atoms with van der Waals surface area (Å²) < 4.78 is 0. The Bertz CT molecular complexity index is 656. The van der Waals surface area contributed by atoms with Crippen LogP contribution in [0.2, 0.25) is 0 Å². The fourth-order valence-electron chi connectivity index (χ4n) is 2.18. The van der Waals surface area contributed by atoms with Gasteiger partial charge in [0.2, 0.25) is 0 Å². The lowest BCUT2D eigenvalue weighted by molar-refractivity contribution is 1.26. The molecule has 0 atom stereocenters. The second kappa shape index (κ2) is 2.76. The molecule has 0 saturated heterocycles. The monoisotopic (exact) mass is 194 g/mol. The zero-order valence-corrected chi connectivity index (χ0v) is 8.49. The lowest BCUT2D eigenvalue weighted by Gasteiger charge is -1.98. The SMILES string of the molecule is C=c1cncc2c1=C(C)c1cccnc1-2. The Morgan fingerprint density at radius 2 is 2.07 bits per heavy atom. The lowest BCUT2D eigenvalue weighted by atomic mass is 10.1. The Morgan fingerprint density at radius 3 is 2.93 bits per heavy atom. The van der Waals surface area contributed by atoms with Crippen LogP contribution in [0, 0.1) is 0 Å². The van der Waals surface area contributed by atoms with Crippen LogP contribution in [0.15, 0.2) is 30.7 Å². The van der Waals surface area contributed by atoms with E-state index in [-0.39, 0.29) is 0 Å². The molecule has 0 aliphatic heterocycles. The van der Waals surface area contributed by atoms with Crippen molar-refractivity contribution >= 4 is 12.2 Å². The highest BCUT2D eigenvalue weighted by molar-refractivity contribution is 5.85. The molecular formula is C13H10N2. The van der Waals surface area contributed by atoms with Crippen molar-refractivity contribution in [2.75, 3.05) is 0 Å². The van der Waals surface area contributed by atoms with Gasteiger partial charge in [0.1, 0.15) is 0 Å². The van der Waals surface area contributed by atoms with Crippen LogP contribution in [-0.4, -0.2) is 9.97 Å². The molecular weight excluding hydrogens is 184 g/mol. The molecule has 1 aliphatic carbocycles. The average Bonchev–Trinajstić information content (AvgIpc) is 2.55. The first kappa shape index (κ1) is 8.36. The van der Waals surface area contributed by atoms with Gasteiger partial charge in [-0.3, -0.25) is 9.97 Å². The van der Waals surface area contributed by atoms with Crippen molar-refractivity contribution in [1.29, 1.82) is 0 Å². The summed E-state index contributed by atoms with van der Waals surface area (Å²) in [7, 11) is 0. The van der Waals surface area contributed by atoms with Gasteiger partial charge in [-0.2, -0.15) is 0 Å². The summed E-state index contributed by atoms with van der Waals surface area (Å²) in [6, 6.07) is 4.06. The fraction of sp³-hybridized carbons (Fsp3) is 0.0769. The van der Waals surface area contributed by atoms with Crippen molar-refractivity contribution in [3.63, 3.8) is 0 Å². The van der Waals surface area contributed by atoms with E-state index in [1.54, 1.807) is 6.20 Å². The van der Waals surface area contributed by atoms with Crippen molar-refractivity contribution in [3.8, 4) is 11.3 Å². The van der Waals surface area contributed by atoms with E-state index in [1.165, 1.54) is 16.4 Å². The molecule has 1 aliphatic rings. The Balaban J connectivity index is 2.58. The van der Waals surface area contributed by atoms with Gasteiger partial charge in [0.25, 0.3) is 0 Å². The van der Waals surface area contributed by atoms with Gasteiger partial charge in [0, 0.05) is 29.7 Å². The van der Waals surface area contributed by atoms with E-state index in [2.05, 4.69) is 29.5 Å². The van der Waals surface area contributed by atoms with Gasteiger partial charge in [0.05, 0.1) is 5.69 Å². The van der Waals surface area contributed by atoms with Gasteiger partial charge in [-0.15, -0.1) is 0 Å². The molecule has 3 rings (SSSR count). The number of pyridine rings is 2. The highest BCUT2D eigenvalue weighted by Gasteiger charge is 2.17. The Labute approximate surface area is 87.6 Å². The zero-order chi connectivity index (χ0) is 10.4. The van der Waals surface area contributed by atoms with Crippen LogP contribution in [0.4, 0.5) is 0 Å². The van der Waals surface area contributed by atoms with Crippen LogP contribution in [0.1, 0.15) is 12.5 Å². The molecule has 0 N–H and O–H groups in total. The molecule has 0 fully saturated rings. The standard InChI is InChI=1S/C13H10N2/c1-8-6-14-7-11-12(8)9(2)10-4-3-5-15-13(10)11/h3-7H,1H2,2H3. The smallest absolute Gasteiger partial charge is 0.0798 e. The van der Waals surface area contributed by atoms with Gasteiger partial charge < -0.3 is 0 Å². The van der Waals surface area contributed by atoms with E-state index in [0.29, 0.717) is 0 Å². The molecule has 0 radical (unpaired) electrons. The number of hydrogen-bond donors (Lipinski definition) is 0. The van der Waals surface area contributed by atoms with E-state index in [9.17, 15) is 0 Å². The highest BCUT2D eigenvalue weighted by Crippen LogP contribution is 2.27. The van der Waals surface area contributed by atoms with E-state index in [0.717, 1.165) is 16.5 Å². The van der Waals surface area contributed by atoms with Crippen molar-refractivity contribution in [3.05, 3.63) is 46.7 Å². The van der Waals surface area contributed by atoms with Crippen LogP contribution in [0.5, 0.6) is 0 Å².